The molecule has 0 bridgehead atoms. The molecule has 0 radical (unpaired) electrons. The molecule has 1 atom stereocenters. The van der Waals surface area contributed by atoms with Crippen LogP contribution in [0.5, 0.6) is 5.75 Å². The van der Waals surface area contributed by atoms with E-state index < -0.39 is 35.3 Å². The Morgan fingerprint density at radius 2 is 1.48 bits per heavy atom. The van der Waals surface area contributed by atoms with Crippen LogP contribution in [0.15, 0.2) is 18.2 Å². The molecule has 8 heteroatoms. The number of rotatable bonds is 4. The summed E-state index contributed by atoms with van der Waals surface area (Å²) in [5, 5.41) is 0. The lowest BCUT2D eigenvalue weighted by Crippen LogP contribution is -2.17. The molecule has 118 valence electrons. The fraction of sp³-hybridized carbons (Fsp3) is 0.462. The summed E-state index contributed by atoms with van der Waals surface area (Å²) in [6, 6.07) is 0.972. The lowest BCUT2D eigenvalue weighted by Gasteiger charge is -2.17. The predicted octanol–water partition coefficient (Wildman–Crippen LogP) is 4.47. The molecule has 2 nitrogen and oxygen atoms in total. The number of ether oxygens (including phenoxy) is 1. The summed E-state index contributed by atoms with van der Waals surface area (Å²) in [6.07, 6.45) is -10.8. The molecular weight excluding hydrogens is 302 g/mol. The third kappa shape index (κ3) is 5.28. The smallest absolute Gasteiger partial charge is 0.416 e. The van der Waals surface area contributed by atoms with Gasteiger partial charge in [-0.15, -0.1) is 0 Å². The Hall–Kier alpha value is -1.73. The Bertz CT molecular complexity index is 486. The molecule has 0 heterocycles. The van der Waals surface area contributed by atoms with Gasteiger partial charge in [0.1, 0.15) is 17.6 Å². The fourth-order valence-electron chi connectivity index (χ4n) is 1.67. The minimum Gasteiger partial charge on any atom is -0.490 e. The SMILES string of the molecule is CC(=O)CC(C)Oc1cc(C(F)(F)F)cc(C(F)(F)F)c1. The van der Waals surface area contributed by atoms with Crippen molar-refractivity contribution in [2.45, 2.75) is 38.7 Å². The fourth-order valence-corrected chi connectivity index (χ4v) is 1.67. The maximum atomic E-state index is 12.6. The summed E-state index contributed by atoms with van der Waals surface area (Å²) in [4.78, 5) is 10.9. The van der Waals surface area contributed by atoms with Crippen molar-refractivity contribution in [1.82, 2.24) is 0 Å². The third-order valence-corrected chi connectivity index (χ3v) is 2.47. The molecule has 1 aromatic carbocycles. The predicted molar refractivity (Wildman–Crippen MR) is 61.8 cm³/mol. The summed E-state index contributed by atoms with van der Waals surface area (Å²) < 4.78 is 80.6. The van der Waals surface area contributed by atoms with Crippen molar-refractivity contribution in [3.8, 4) is 5.75 Å². The van der Waals surface area contributed by atoms with Gasteiger partial charge in [-0.1, -0.05) is 0 Å². The molecule has 0 saturated heterocycles. The van der Waals surface area contributed by atoms with Crippen molar-refractivity contribution < 1.29 is 35.9 Å². The lowest BCUT2D eigenvalue weighted by molar-refractivity contribution is -0.143. The summed E-state index contributed by atoms with van der Waals surface area (Å²) in [7, 11) is 0. The highest BCUT2D eigenvalue weighted by Gasteiger charge is 2.37. The molecule has 1 unspecified atom stereocenters. The van der Waals surface area contributed by atoms with Crippen LogP contribution in [0.4, 0.5) is 26.3 Å². The minimum absolute atomic E-state index is 0.0164. The Labute approximate surface area is 116 Å². The second-order valence-electron chi connectivity index (χ2n) is 4.58. The monoisotopic (exact) mass is 314 g/mol. The van der Waals surface area contributed by atoms with Crippen LogP contribution in [-0.4, -0.2) is 11.9 Å². The van der Waals surface area contributed by atoms with Gasteiger partial charge >= 0.3 is 12.4 Å². The standard InChI is InChI=1S/C13H12F6O2/c1-7(20)3-8(2)21-11-5-9(12(14,15)16)4-10(6-11)13(17,18)19/h4-6,8H,3H2,1-2H3. The van der Waals surface area contributed by atoms with Crippen molar-refractivity contribution in [1.29, 1.82) is 0 Å². The zero-order valence-corrected chi connectivity index (χ0v) is 11.1. The highest BCUT2D eigenvalue weighted by molar-refractivity contribution is 5.75. The van der Waals surface area contributed by atoms with Crippen molar-refractivity contribution in [2.75, 3.05) is 0 Å². The van der Waals surface area contributed by atoms with Gasteiger partial charge < -0.3 is 4.74 Å². The van der Waals surface area contributed by atoms with Gasteiger partial charge in [-0.25, -0.2) is 0 Å². The number of hydrogen-bond acceptors (Lipinski definition) is 2. The molecule has 1 aromatic rings. The quantitative estimate of drug-likeness (QED) is 0.766. The van der Waals surface area contributed by atoms with E-state index in [4.69, 9.17) is 4.74 Å². The first kappa shape index (κ1) is 17.3. The molecule has 0 spiro atoms. The maximum Gasteiger partial charge on any atom is 0.416 e. The normalized spacial score (nSPS) is 13.9. The second kappa shape index (κ2) is 5.95. The summed E-state index contributed by atoms with van der Waals surface area (Å²) in [6.45, 7) is 2.63. The van der Waals surface area contributed by atoms with Crippen LogP contribution in [0.25, 0.3) is 0 Å². The largest absolute Gasteiger partial charge is 0.490 e. The van der Waals surface area contributed by atoms with Gasteiger partial charge in [0.05, 0.1) is 11.1 Å². The van der Waals surface area contributed by atoms with Gasteiger partial charge in [0, 0.05) is 6.42 Å². The first-order chi connectivity index (χ1) is 9.39. The van der Waals surface area contributed by atoms with Crippen LogP contribution in [0, 0.1) is 0 Å². The molecular formula is C13H12F6O2. The topological polar surface area (TPSA) is 26.3 Å². The Morgan fingerprint density at radius 1 is 1.05 bits per heavy atom. The molecule has 0 amide bonds. The molecule has 21 heavy (non-hydrogen) atoms. The molecule has 0 aliphatic heterocycles. The van der Waals surface area contributed by atoms with Crippen LogP contribution in [0.3, 0.4) is 0 Å². The van der Waals surface area contributed by atoms with Gasteiger partial charge in [-0.3, -0.25) is 4.79 Å². The van der Waals surface area contributed by atoms with E-state index in [9.17, 15) is 31.1 Å². The molecule has 1 rings (SSSR count). The van der Waals surface area contributed by atoms with Crippen molar-refractivity contribution in [3.63, 3.8) is 0 Å². The van der Waals surface area contributed by atoms with Crippen molar-refractivity contribution >= 4 is 5.78 Å². The number of carbonyl (C=O) groups excluding carboxylic acids is 1. The van der Waals surface area contributed by atoms with E-state index in [1.54, 1.807) is 0 Å². The van der Waals surface area contributed by atoms with Crippen molar-refractivity contribution in [2.24, 2.45) is 0 Å². The number of ketones is 1. The lowest BCUT2D eigenvalue weighted by atomic mass is 10.1. The summed E-state index contributed by atoms with van der Waals surface area (Å²) in [5.41, 5.74) is -2.91. The highest BCUT2D eigenvalue weighted by Crippen LogP contribution is 2.38. The van der Waals surface area contributed by atoms with Crippen LogP contribution < -0.4 is 4.74 Å². The average molecular weight is 314 g/mol. The third-order valence-electron chi connectivity index (χ3n) is 2.47. The second-order valence-corrected chi connectivity index (χ2v) is 4.58. The van der Waals surface area contributed by atoms with E-state index in [1.165, 1.54) is 13.8 Å². The molecule has 0 aliphatic carbocycles. The summed E-state index contributed by atoms with van der Waals surface area (Å²) in [5.74, 6) is -0.864. The molecule has 0 aliphatic rings. The van der Waals surface area contributed by atoms with E-state index in [2.05, 4.69) is 0 Å². The van der Waals surface area contributed by atoms with Gasteiger partial charge in [-0.2, -0.15) is 26.3 Å². The zero-order chi connectivity index (χ0) is 16.4. The number of Topliss-reactive ketones (excluding diaryl/α,β-unsaturated/α-hetero) is 1. The zero-order valence-electron chi connectivity index (χ0n) is 11.1. The minimum atomic E-state index is -4.93. The van der Waals surface area contributed by atoms with Crippen LogP contribution >= 0.6 is 0 Å². The Morgan fingerprint density at radius 3 is 1.81 bits per heavy atom. The molecule has 0 N–H and O–H groups in total. The number of carbonyl (C=O) groups is 1. The van der Waals surface area contributed by atoms with E-state index in [-0.39, 0.29) is 18.3 Å². The van der Waals surface area contributed by atoms with E-state index in [1.807, 2.05) is 0 Å². The Kier molecular flexibility index (Phi) is 4.91. The van der Waals surface area contributed by atoms with Crippen molar-refractivity contribution in [3.05, 3.63) is 29.3 Å². The molecule has 0 saturated carbocycles. The molecule has 0 fully saturated rings. The van der Waals surface area contributed by atoms with E-state index in [0.29, 0.717) is 12.1 Å². The number of alkyl halides is 6. The van der Waals surface area contributed by atoms with E-state index in [0.717, 1.165) is 0 Å². The van der Waals surface area contributed by atoms with Crippen LogP contribution in [-0.2, 0) is 17.1 Å². The first-order valence-electron chi connectivity index (χ1n) is 5.85. The maximum absolute atomic E-state index is 12.6. The van der Waals surface area contributed by atoms with Gasteiger partial charge in [0.25, 0.3) is 0 Å². The summed E-state index contributed by atoms with van der Waals surface area (Å²) >= 11 is 0. The number of benzene rings is 1. The van der Waals surface area contributed by atoms with Gasteiger partial charge in [-0.05, 0) is 32.0 Å². The van der Waals surface area contributed by atoms with E-state index >= 15 is 0 Å². The van der Waals surface area contributed by atoms with Gasteiger partial charge in [0.15, 0.2) is 0 Å². The first-order valence-corrected chi connectivity index (χ1v) is 5.85. The van der Waals surface area contributed by atoms with Gasteiger partial charge in [0.2, 0.25) is 0 Å². The highest BCUT2D eigenvalue weighted by atomic mass is 19.4. The number of halogens is 6. The molecule has 0 aromatic heterocycles. The number of hydrogen-bond donors (Lipinski definition) is 0. The Balaban J connectivity index is 3.17. The van der Waals surface area contributed by atoms with Crippen LogP contribution in [0.2, 0.25) is 0 Å². The van der Waals surface area contributed by atoms with Crippen LogP contribution in [0.1, 0.15) is 31.4 Å². The average Bonchev–Trinajstić information content (AvgIpc) is 2.24.